The van der Waals surface area contributed by atoms with Crippen LogP contribution in [0.4, 0.5) is 10.5 Å². The van der Waals surface area contributed by atoms with Gasteiger partial charge < -0.3 is 5.32 Å². The van der Waals surface area contributed by atoms with Crippen LogP contribution in [0.25, 0.3) is 6.08 Å². The number of anilines is 1. The van der Waals surface area contributed by atoms with Crippen LogP contribution >= 0.6 is 35.0 Å². The molecule has 4 nitrogen and oxygen atoms in total. The minimum atomic E-state index is -0.348. The Morgan fingerprint density at radius 1 is 1.08 bits per heavy atom. The number of hydrogen-bond acceptors (Lipinski definition) is 4. The monoisotopic (exact) mass is 378 g/mol. The van der Waals surface area contributed by atoms with Crippen molar-refractivity contribution in [2.24, 2.45) is 0 Å². The summed E-state index contributed by atoms with van der Waals surface area (Å²) in [6, 6.07) is 14.2. The minimum absolute atomic E-state index is 0.0743. The van der Waals surface area contributed by atoms with Gasteiger partial charge in [-0.2, -0.15) is 0 Å². The van der Waals surface area contributed by atoms with E-state index in [1.807, 2.05) is 12.1 Å². The Morgan fingerprint density at radius 3 is 2.62 bits per heavy atom. The van der Waals surface area contributed by atoms with Crippen molar-refractivity contribution >= 4 is 57.9 Å². The van der Waals surface area contributed by atoms with E-state index in [2.05, 4.69) is 5.32 Å². The minimum Gasteiger partial charge on any atom is -0.367 e. The molecule has 24 heavy (non-hydrogen) atoms. The predicted molar refractivity (Wildman–Crippen MR) is 99.2 cm³/mol. The van der Waals surface area contributed by atoms with E-state index < -0.39 is 0 Å². The van der Waals surface area contributed by atoms with Crippen molar-refractivity contribution in [2.75, 3.05) is 12.0 Å². The first-order valence-electron chi connectivity index (χ1n) is 7.04. The second-order valence-corrected chi connectivity index (χ2v) is 6.81. The third kappa shape index (κ3) is 3.75. The highest BCUT2D eigenvalue weighted by atomic mass is 35.5. The first-order valence-corrected chi connectivity index (χ1v) is 8.61. The Kier molecular flexibility index (Phi) is 5.14. The second kappa shape index (κ2) is 7.30. The third-order valence-corrected chi connectivity index (χ3v) is 4.82. The average molecular weight is 379 g/mol. The number of carbonyl (C=O) groups is 2. The summed E-state index contributed by atoms with van der Waals surface area (Å²) >= 11 is 12.9. The first kappa shape index (κ1) is 16.9. The topological polar surface area (TPSA) is 49.4 Å². The normalized spacial score (nSPS) is 16.1. The Labute approximate surface area is 153 Å². The molecule has 0 saturated carbocycles. The number of rotatable bonds is 4. The predicted octanol–water partition coefficient (Wildman–Crippen LogP) is 5.10. The molecule has 0 spiro atoms. The molecular weight excluding hydrogens is 367 g/mol. The average Bonchev–Trinajstić information content (AvgIpc) is 2.82. The molecule has 0 radical (unpaired) electrons. The summed E-state index contributed by atoms with van der Waals surface area (Å²) < 4.78 is 0. The number of amides is 2. The molecular formula is C17H12Cl2N2O2S. The van der Waals surface area contributed by atoms with Crippen molar-refractivity contribution in [1.82, 2.24) is 4.90 Å². The smallest absolute Gasteiger partial charge is 0.295 e. The van der Waals surface area contributed by atoms with E-state index in [9.17, 15) is 9.59 Å². The Morgan fingerprint density at radius 2 is 1.88 bits per heavy atom. The van der Waals surface area contributed by atoms with E-state index in [-0.39, 0.29) is 17.8 Å². The number of hydrogen-bond donors (Lipinski definition) is 1. The molecule has 0 unspecified atom stereocenters. The number of nitrogens with zero attached hydrogens (tertiary/aromatic N) is 1. The molecule has 1 aliphatic heterocycles. The van der Waals surface area contributed by atoms with Gasteiger partial charge in [0.2, 0.25) is 0 Å². The molecule has 1 saturated heterocycles. The lowest BCUT2D eigenvalue weighted by Gasteiger charge is -2.14. The van der Waals surface area contributed by atoms with E-state index in [1.165, 1.54) is 0 Å². The zero-order valence-corrected chi connectivity index (χ0v) is 14.7. The fraction of sp³-hybridized carbons (Fsp3) is 0.0588. The van der Waals surface area contributed by atoms with Gasteiger partial charge in [0.1, 0.15) is 0 Å². The number of imide groups is 1. The number of halogens is 2. The molecule has 2 aromatic rings. The molecule has 1 fully saturated rings. The lowest BCUT2D eigenvalue weighted by atomic mass is 10.2. The number of thioether (sulfide) groups is 1. The summed E-state index contributed by atoms with van der Waals surface area (Å²) in [6.45, 7) is 0.0743. The van der Waals surface area contributed by atoms with Crippen molar-refractivity contribution in [3.63, 3.8) is 0 Å². The van der Waals surface area contributed by atoms with Gasteiger partial charge in [0.15, 0.2) is 0 Å². The highest BCUT2D eigenvalue weighted by Crippen LogP contribution is 2.33. The molecule has 1 N–H and O–H groups in total. The molecule has 1 aliphatic rings. The van der Waals surface area contributed by atoms with Gasteiger partial charge in [-0.3, -0.25) is 14.5 Å². The highest BCUT2D eigenvalue weighted by Gasteiger charge is 2.34. The zero-order valence-electron chi connectivity index (χ0n) is 12.3. The molecule has 2 aromatic carbocycles. The van der Waals surface area contributed by atoms with E-state index in [4.69, 9.17) is 23.2 Å². The van der Waals surface area contributed by atoms with Gasteiger partial charge in [-0.25, -0.2) is 0 Å². The molecule has 1 heterocycles. The van der Waals surface area contributed by atoms with Crippen LogP contribution in [0, 0.1) is 0 Å². The molecule has 3 rings (SSSR count). The maximum absolute atomic E-state index is 12.4. The van der Waals surface area contributed by atoms with Crippen LogP contribution in [-0.2, 0) is 4.79 Å². The number of nitrogens with one attached hydrogen (secondary N) is 1. The van der Waals surface area contributed by atoms with Gasteiger partial charge in [0.05, 0.1) is 11.6 Å². The highest BCUT2D eigenvalue weighted by molar-refractivity contribution is 8.18. The summed E-state index contributed by atoms with van der Waals surface area (Å²) in [7, 11) is 0. The largest absolute Gasteiger partial charge is 0.367 e. The van der Waals surface area contributed by atoms with Gasteiger partial charge in [-0.1, -0.05) is 47.5 Å². The van der Waals surface area contributed by atoms with Gasteiger partial charge in [0.25, 0.3) is 11.1 Å². The molecule has 122 valence electrons. The van der Waals surface area contributed by atoms with Gasteiger partial charge in [-0.05, 0) is 47.7 Å². The first-order chi connectivity index (χ1) is 11.5. The van der Waals surface area contributed by atoms with Crippen LogP contribution < -0.4 is 5.32 Å². The summed E-state index contributed by atoms with van der Waals surface area (Å²) in [4.78, 5) is 26.0. The molecule has 0 bridgehead atoms. The number of benzene rings is 2. The lowest BCUT2D eigenvalue weighted by molar-refractivity contribution is -0.122. The van der Waals surface area contributed by atoms with Gasteiger partial charge in [-0.15, -0.1) is 0 Å². The zero-order chi connectivity index (χ0) is 17.1. The standard InChI is InChI=1S/C17H12Cl2N2O2S/c18-12-5-3-6-13(9-12)20-10-21-16(22)15(24-17(21)23)8-11-4-1-2-7-14(11)19/h1-9,20H,10H2/b15-8+. The van der Waals surface area contributed by atoms with Crippen molar-refractivity contribution in [3.8, 4) is 0 Å². The summed E-state index contributed by atoms with van der Waals surface area (Å²) in [5, 5.41) is 3.80. The van der Waals surface area contributed by atoms with Crippen LogP contribution in [0.2, 0.25) is 10.0 Å². The van der Waals surface area contributed by atoms with E-state index >= 15 is 0 Å². The van der Waals surface area contributed by atoms with Crippen LogP contribution in [0.5, 0.6) is 0 Å². The molecule has 2 amide bonds. The molecule has 7 heteroatoms. The van der Waals surface area contributed by atoms with Crippen molar-refractivity contribution in [2.45, 2.75) is 0 Å². The van der Waals surface area contributed by atoms with Crippen molar-refractivity contribution < 1.29 is 9.59 Å². The van der Waals surface area contributed by atoms with Gasteiger partial charge in [0, 0.05) is 15.7 Å². The van der Waals surface area contributed by atoms with E-state index in [0.29, 0.717) is 20.5 Å². The molecule has 0 aliphatic carbocycles. The van der Waals surface area contributed by atoms with Crippen LogP contribution in [0.3, 0.4) is 0 Å². The lowest BCUT2D eigenvalue weighted by Crippen LogP contribution is -2.33. The van der Waals surface area contributed by atoms with E-state index in [0.717, 1.165) is 22.3 Å². The summed E-state index contributed by atoms with van der Waals surface area (Å²) in [5.74, 6) is -0.348. The molecule has 0 atom stereocenters. The fourth-order valence-corrected chi connectivity index (χ4v) is 3.35. The summed E-state index contributed by atoms with van der Waals surface area (Å²) in [5.41, 5.74) is 1.43. The Balaban J connectivity index is 1.73. The third-order valence-electron chi connectivity index (χ3n) is 3.33. The Hall–Kier alpha value is -1.95. The summed E-state index contributed by atoms with van der Waals surface area (Å²) in [6.07, 6.45) is 1.63. The van der Waals surface area contributed by atoms with E-state index in [1.54, 1.807) is 42.5 Å². The van der Waals surface area contributed by atoms with Crippen molar-refractivity contribution in [3.05, 3.63) is 69.0 Å². The van der Waals surface area contributed by atoms with Crippen molar-refractivity contribution in [1.29, 1.82) is 0 Å². The second-order valence-electron chi connectivity index (χ2n) is 4.98. The SMILES string of the molecule is O=C1S/C(=C/c2ccccc2Cl)C(=O)N1CNc1cccc(Cl)c1. The van der Waals surface area contributed by atoms with Gasteiger partial charge >= 0.3 is 0 Å². The maximum Gasteiger partial charge on any atom is 0.295 e. The Bertz CT molecular complexity index is 839. The van der Waals surface area contributed by atoms with Crippen LogP contribution in [-0.4, -0.2) is 22.7 Å². The molecule has 0 aromatic heterocycles. The van der Waals surface area contributed by atoms with Crippen LogP contribution in [0.15, 0.2) is 53.4 Å². The fourth-order valence-electron chi connectivity index (χ4n) is 2.14. The quantitative estimate of drug-likeness (QED) is 0.751. The van der Waals surface area contributed by atoms with Crippen LogP contribution in [0.1, 0.15) is 5.56 Å². The maximum atomic E-state index is 12.4. The number of carbonyl (C=O) groups excluding carboxylic acids is 2.